The highest BCUT2D eigenvalue weighted by molar-refractivity contribution is 5.71. The summed E-state index contributed by atoms with van der Waals surface area (Å²) in [6.45, 7) is 6.55. The minimum atomic E-state index is -0.787. The van der Waals surface area contributed by atoms with Crippen molar-refractivity contribution in [3.05, 3.63) is 48.6 Å². The lowest BCUT2D eigenvalue weighted by molar-refractivity contribution is -0.167. The van der Waals surface area contributed by atoms with Gasteiger partial charge in [0.15, 0.2) is 6.10 Å². The van der Waals surface area contributed by atoms with E-state index in [0.29, 0.717) is 19.3 Å². The Bertz CT molecular complexity index is 1280. The molecule has 0 aromatic rings. The molecule has 0 bridgehead atoms. The van der Waals surface area contributed by atoms with Crippen LogP contribution in [0.25, 0.3) is 0 Å². The van der Waals surface area contributed by atoms with Crippen LogP contribution in [0.3, 0.4) is 0 Å². The van der Waals surface area contributed by atoms with Gasteiger partial charge in [-0.25, -0.2) is 0 Å². The molecule has 0 aliphatic rings. The first kappa shape index (κ1) is 71.4. The topological polar surface area (TPSA) is 78.9 Å². The number of carbonyl (C=O) groups excluding carboxylic acids is 3. The van der Waals surface area contributed by atoms with Crippen molar-refractivity contribution in [3.8, 4) is 0 Å². The van der Waals surface area contributed by atoms with E-state index in [1.54, 1.807) is 0 Å². The van der Waals surface area contributed by atoms with Crippen molar-refractivity contribution < 1.29 is 28.6 Å². The standard InChI is InChI=1S/C68H124O6/c1-4-7-10-13-16-19-22-25-28-30-31-32-33-34-35-36-38-40-43-46-49-52-55-58-61-67(70)73-64-65(63-72-66(69)60-57-54-51-48-45-42-39-27-24-21-18-15-12-9-6-3)74-68(71)62-59-56-53-50-47-44-41-37-29-26-23-20-17-14-11-8-5-2/h9,12,18,21,27,39,45,48,65H,4-8,10-11,13-17,19-20,22-26,28-38,40-44,46-47,49-64H2,1-3H3/b12-9-,21-18-,39-27-,48-45-. The summed E-state index contributed by atoms with van der Waals surface area (Å²) in [7, 11) is 0. The molecule has 0 rings (SSSR count). The van der Waals surface area contributed by atoms with E-state index in [1.807, 2.05) is 0 Å². The van der Waals surface area contributed by atoms with Gasteiger partial charge in [0.25, 0.3) is 0 Å². The number of allylic oxidation sites excluding steroid dienone is 8. The van der Waals surface area contributed by atoms with Gasteiger partial charge in [0.1, 0.15) is 13.2 Å². The molecule has 0 amide bonds. The van der Waals surface area contributed by atoms with Crippen LogP contribution in [-0.4, -0.2) is 37.2 Å². The molecule has 432 valence electrons. The van der Waals surface area contributed by atoms with Crippen LogP contribution >= 0.6 is 0 Å². The second-order valence-electron chi connectivity index (χ2n) is 22.0. The molecule has 74 heavy (non-hydrogen) atoms. The Morgan fingerprint density at radius 1 is 0.284 bits per heavy atom. The maximum Gasteiger partial charge on any atom is 0.306 e. The van der Waals surface area contributed by atoms with Crippen LogP contribution in [0.4, 0.5) is 0 Å². The number of rotatable bonds is 60. The molecule has 0 aromatic heterocycles. The van der Waals surface area contributed by atoms with Crippen LogP contribution in [0.1, 0.15) is 348 Å². The van der Waals surface area contributed by atoms with Crippen LogP contribution < -0.4 is 0 Å². The summed E-state index contributed by atoms with van der Waals surface area (Å²) >= 11 is 0. The number of ether oxygens (including phenoxy) is 3. The van der Waals surface area contributed by atoms with Crippen molar-refractivity contribution in [3.63, 3.8) is 0 Å². The third kappa shape index (κ3) is 60.2. The largest absolute Gasteiger partial charge is 0.462 e. The first-order valence-corrected chi connectivity index (χ1v) is 32.6. The molecule has 0 N–H and O–H groups in total. The van der Waals surface area contributed by atoms with Gasteiger partial charge in [-0.1, -0.05) is 320 Å². The molecule has 0 aliphatic heterocycles. The third-order valence-electron chi connectivity index (χ3n) is 14.6. The van der Waals surface area contributed by atoms with E-state index < -0.39 is 6.10 Å². The minimum Gasteiger partial charge on any atom is -0.462 e. The lowest BCUT2D eigenvalue weighted by Gasteiger charge is -2.18. The molecule has 6 heteroatoms. The van der Waals surface area contributed by atoms with E-state index in [2.05, 4.69) is 69.4 Å². The normalized spacial score (nSPS) is 12.3. The van der Waals surface area contributed by atoms with Crippen molar-refractivity contribution >= 4 is 17.9 Å². The molecule has 1 atom stereocenters. The predicted molar refractivity (Wildman–Crippen MR) is 321 cm³/mol. The molecule has 0 spiro atoms. The highest BCUT2D eigenvalue weighted by Crippen LogP contribution is 2.18. The smallest absolute Gasteiger partial charge is 0.306 e. The summed E-state index contributed by atoms with van der Waals surface area (Å²) < 4.78 is 16.9. The van der Waals surface area contributed by atoms with E-state index in [0.717, 1.165) is 83.5 Å². The molecule has 1 unspecified atom stereocenters. The summed E-state index contributed by atoms with van der Waals surface area (Å²) in [4.78, 5) is 38.3. The van der Waals surface area contributed by atoms with Crippen LogP contribution in [0.2, 0.25) is 0 Å². The first-order valence-electron chi connectivity index (χ1n) is 32.6. The molecule has 0 heterocycles. The SMILES string of the molecule is CC/C=C\C/C=C\C/C=C\C/C=C\CCCCC(=O)OCC(COC(=O)CCCCCCCCCCCCCCCCCCCCCCCCCC)OC(=O)CCCCCCCCCCCCCCCCCCC. The van der Waals surface area contributed by atoms with Crippen LogP contribution in [-0.2, 0) is 28.6 Å². The molecular weight excluding hydrogens is 913 g/mol. The molecular formula is C68H124O6. The maximum atomic E-state index is 12.9. The van der Waals surface area contributed by atoms with Gasteiger partial charge < -0.3 is 14.2 Å². The Morgan fingerprint density at radius 3 is 0.824 bits per heavy atom. The van der Waals surface area contributed by atoms with Crippen molar-refractivity contribution in [1.82, 2.24) is 0 Å². The zero-order valence-electron chi connectivity index (χ0n) is 49.6. The summed E-state index contributed by atoms with van der Waals surface area (Å²) in [5.74, 6) is -0.901. The van der Waals surface area contributed by atoms with Gasteiger partial charge in [0.2, 0.25) is 0 Å². The number of hydrogen-bond acceptors (Lipinski definition) is 6. The van der Waals surface area contributed by atoms with E-state index in [4.69, 9.17) is 14.2 Å². The van der Waals surface area contributed by atoms with Crippen molar-refractivity contribution in [2.45, 2.75) is 354 Å². The number of esters is 3. The predicted octanol–water partition coefficient (Wildman–Crippen LogP) is 22.2. The Kier molecular flexibility index (Phi) is 60.7. The van der Waals surface area contributed by atoms with E-state index in [1.165, 1.54) is 225 Å². The average Bonchev–Trinajstić information content (AvgIpc) is 3.40. The van der Waals surface area contributed by atoms with Crippen LogP contribution in [0.15, 0.2) is 48.6 Å². The summed E-state index contributed by atoms with van der Waals surface area (Å²) in [6.07, 6.45) is 78.5. The number of unbranched alkanes of at least 4 members (excludes halogenated alkanes) is 41. The number of hydrogen-bond donors (Lipinski definition) is 0. The third-order valence-corrected chi connectivity index (χ3v) is 14.6. The highest BCUT2D eigenvalue weighted by Gasteiger charge is 2.19. The fourth-order valence-electron chi connectivity index (χ4n) is 9.73. The second-order valence-corrected chi connectivity index (χ2v) is 22.0. The van der Waals surface area contributed by atoms with Crippen LogP contribution in [0.5, 0.6) is 0 Å². The monoisotopic (exact) mass is 1040 g/mol. The van der Waals surface area contributed by atoms with Gasteiger partial charge in [0.05, 0.1) is 0 Å². The van der Waals surface area contributed by atoms with Crippen molar-refractivity contribution in [1.29, 1.82) is 0 Å². The van der Waals surface area contributed by atoms with Gasteiger partial charge in [-0.15, -0.1) is 0 Å². The van der Waals surface area contributed by atoms with Gasteiger partial charge in [-0.05, 0) is 57.8 Å². The maximum absolute atomic E-state index is 12.9. The Labute approximate surface area is 460 Å². The summed E-state index contributed by atoms with van der Waals surface area (Å²) in [5, 5.41) is 0. The fraction of sp³-hybridized carbons (Fsp3) is 0.838. The lowest BCUT2D eigenvalue weighted by Crippen LogP contribution is -2.30. The first-order chi connectivity index (χ1) is 36.5. The molecule has 0 radical (unpaired) electrons. The Balaban J connectivity index is 4.29. The van der Waals surface area contributed by atoms with Gasteiger partial charge >= 0.3 is 17.9 Å². The van der Waals surface area contributed by atoms with E-state index in [-0.39, 0.29) is 31.1 Å². The minimum absolute atomic E-state index is 0.0812. The molecule has 0 aliphatic carbocycles. The van der Waals surface area contributed by atoms with Gasteiger partial charge in [-0.3, -0.25) is 14.4 Å². The van der Waals surface area contributed by atoms with Crippen molar-refractivity contribution in [2.75, 3.05) is 13.2 Å². The van der Waals surface area contributed by atoms with E-state index in [9.17, 15) is 14.4 Å². The molecule has 0 fully saturated rings. The Morgan fingerprint density at radius 2 is 0.527 bits per heavy atom. The van der Waals surface area contributed by atoms with E-state index >= 15 is 0 Å². The molecule has 6 nitrogen and oxygen atoms in total. The van der Waals surface area contributed by atoms with Crippen LogP contribution in [0, 0.1) is 0 Å². The second kappa shape index (κ2) is 62.9. The van der Waals surface area contributed by atoms with Gasteiger partial charge in [0, 0.05) is 19.3 Å². The zero-order valence-corrected chi connectivity index (χ0v) is 49.6. The lowest BCUT2D eigenvalue weighted by atomic mass is 10.0. The summed E-state index contributed by atoms with van der Waals surface area (Å²) in [6, 6.07) is 0. The Hall–Kier alpha value is -2.63. The average molecular weight is 1040 g/mol. The quantitative estimate of drug-likeness (QED) is 0.0261. The van der Waals surface area contributed by atoms with Gasteiger partial charge in [-0.2, -0.15) is 0 Å². The summed E-state index contributed by atoms with van der Waals surface area (Å²) in [5.41, 5.74) is 0. The highest BCUT2D eigenvalue weighted by atomic mass is 16.6. The molecule has 0 saturated heterocycles. The molecule has 0 aromatic carbocycles. The number of carbonyl (C=O) groups is 3. The fourth-order valence-corrected chi connectivity index (χ4v) is 9.73. The molecule has 0 saturated carbocycles. The zero-order chi connectivity index (χ0) is 53.6. The van der Waals surface area contributed by atoms with Crippen molar-refractivity contribution in [2.24, 2.45) is 0 Å².